The first-order valence-corrected chi connectivity index (χ1v) is 9.32. The van der Waals surface area contributed by atoms with Gasteiger partial charge >= 0.3 is 0 Å². The third-order valence-electron chi connectivity index (χ3n) is 4.41. The topological polar surface area (TPSA) is 62.1 Å². The van der Waals surface area contributed by atoms with Gasteiger partial charge < -0.3 is 10.1 Å². The first kappa shape index (κ1) is 19.9. The third-order valence-corrected chi connectivity index (χ3v) is 4.41. The molecule has 1 amide bonds. The number of benzene rings is 3. The summed E-state index contributed by atoms with van der Waals surface area (Å²) in [7, 11) is 0. The molecule has 1 N–H and O–H groups in total. The molecule has 0 bridgehead atoms. The summed E-state index contributed by atoms with van der Waals surface area (Å²) in [6, 6.07) is 24.9. The number of carbonyl (C=O) groups excluding carboxylic acids is 1. The lowest BCUT2D eigenvalue weighted by Crippen LogP contribution is -2.13. The number of amides is 1. The van der Waals surface area contributed by atoms with Gasteiger partial charge in [0.25, 0.3) is 5.91 Å². The highest BCUT2D eigenvalue weighted by Crippen LogP contribution is 2.23. The Morgan fingerprint density at radius 1 is 0.966 bits per heavy atom. The number of ether oxygens (including phenoxy) is 1. The van der Waals surface area contributed by atoms with Gasteiger partial charge in [-0.05, 0) is 43.7 Å². The number of hydrogen-bond donors (Lipinski definition) is 1. The van der Waals surface area contributed by atoms with Gasteiger partial charge in [0.15, 0.2) is 0 Å². The highest BCUT2D eigenvalue weighted by Gasteiger charge is 2.11. The van der Waals surface area contributed by atoms with Gasteiger partial charge in [0.2, 0.25) is 0 Å². The molecule has 0 aromatic heterocycles. The first-order chi connectivity index (χ1) is 14.0. The van der Waals surface area contributed by atoms with E-state index in [4.69, 9.17) is 4.74 Å². The van der Waals surface area contributed by atoms with Crippen LogP contribution in [0.5, 0.6) is 5.75 Å². The maximum Gasteiger partial charge on any atom is 0.266 e. The lowest BCUT2D eigenvalue weighted by Gasteiger charge is -2.10. The number of carbonyl (C=O) groups is 1. The first-order valence-electron chi connectivity index (χ1n) is 9.32. The van der Waals surface area contributed by atoms with Crippen molar-refractivity contribution >= 4 is 17.7 Å². The van der Waals surface area contributed by atoms with Crippen molar-refractivity contribution < 1.29 is 9.53 Å². The molecular weight excluding hydrogens is 360 g/mol. The second-order valence-corrected chi connectivity index (χ2v) is 6.80. The molecule has 0 spiro atoms. The normalized spacial score (nSPS) is 10.9. The number of nitriles is 1. The Morgan fingerprint density at radius 2 is 1.59 bits per heavy atom. The van der Waals surface area contributed by atoms with Gasteiger partial charge in [-0.25, -0.2) is 0 Å². The van der Waals surface area contributed by atoms with E-state index < -0.39 is 5.91 Å². The molecule has 4 nitrogen and oxygen atoms in total. The number of para-hydroxylation sites is 1. The molecule has 0 heterocycles. The molecule has 3 rings (SSSR count). The quantitative estimate of drug-likeness (QED) is 0.457. The average Bonchev–Trinajstić information content (AvgIpc) is 2.74. The van der Waals surface area contributed by atoms with Gasteiger partial charge in [0.05, 0.1) is 0 Å². The van der Waals surface area contributed by atoms with E-state index in [1.165, 1.54) is 5.56 Å². The predicted octanol–water partition coefficient (Wildman–Crippen LogP) is 5.43. The highest BCUT2D eigenvalue weighted by molar-refractivity contribution is 6.09. The molecule has 4 heteroatoms. The third kappa shape index (κ3) is 5.57. The predicted molar refractivity (Wildman–Crippen MR) is 115 cm³/mol. The van der Waals surface area contributed by atoms with Crippen LogP contribution in [0.2, 0.25) is 0 Å². The lowest BCUT2D eigenvalue weighted by atomic mass is 10.1. The molecule has 0 fully saturated rings. The molecule has 3 aromatic rings. The summed E-state index contributed by atoms with van der Waals surface area (Å²) >= 11 is 0. The number of aryl methyl sites for hydroxylation is 2. The van der Waals surface area contributed by atoms with Crippen molar-refractivity contribution in [3.63, 3.8) is 0 Å². The number of anilines is 1. The van der Waals surface area contributed by atoms with E-state index in [2.05, 4.69) is 5.32 Å². The fraction of sp³-hybridized carbons (Fsp3) is 0.120. The van der Waals surface area contributed by atoms with E-state index >= 15 is 0 Å². The summed E-state index contributed by atoms with van der Waals surface area (Å²) in [5.74, 6) is 0.161. The molecule has 0 saturated heterocycles. The van der Waals surface area contributed by atoms with Crippen LogP contribution in [0.4, 0.5) is 5.69 Å². The van der Waals surface area contributed by atoms with Crippen LogP contribution in [-0.4, -0.2) is 5.91 Å². The standard InChI is InChI=1S/C25H22N2O2/c1-18-7-11-20(12-8-18)17-29-24-6-4-3-5-21(24)15-22(16-26)25(28)27-23-13-9-19(2)10-14-23/h3-15H,17H2,1-2H3,(H,27,28)/b22-15+. The van der Waals surface area contributed by atoms with E-state index in [1.807, 2.05) is 80.6 Å². The molecule has 3 aromatic carbocycles. The maximum atomic E-state index is 12.5. The number of rotatable bonds is 6. The van der Waals surface area contributed by atoms with Crippen LogP contribution in [0.3, 0.4) is 0 Å². The summed E-state index contributed by atoms with van der Waals surface area (Å²) in [6.45, 7) is 4.41. The second kappa shape index (κ2) is 9.38. The minimum absolute atomic E-state index is 0.0111. The van der Waals surface area contributed by atoms with Crippen LogP contribution in [0, 0.1) is 25.2 Å². The fourth-order valence-corrected chi connectivity index (χ4v) is 2.72. The Hall–Kier alpha value is -3.84. The average molecular weight is 382 g/mol. The zero-order chi connectivity index (χ0) is 20.6. The van der Waals surface area contributed by atoms with Crippen LogP contribution in [0.25, 0.3) is 6.08 Å². The molecule has 0 atom stereocenters. The van der Waals surface area contributed by atoms with Gasteiger partial charge in [-0.3, -0.25) is 4.79 Å². The van der Waals surface area contributed by atoms with E-state index in [1.54, 1.807) is 18.2 Å². The van der Waals surface area contributed by atoms with Crippen LogP contribution >= 0.6 is 0 Å². The van der Waals surface area contributed by atoms with Crippen LogP contribution in [0.1, 0.15) is 22.3 Å². The van der Waals surface area contributed by atoms with Gasteiger partial charge in [0.1, 0.15) is 24.0 Å². The second-order valence-electron chi connectivity index (χ2n) is 6.80. The van der Waals surface area contributed by atoms with Crippen LogP contribution < -0.4 is 10.1 Å². The minimum Gasteiger partial charge on any atom is -0.488 e. The van der Waals surface area contributed by atoms with Gasteiger partial charge in [-0.15, -0.1) is 0 Å². The van der Waals surface area contributed by atoms with E-state index in [9.17, 15) is 10.1 Å². The molecule has 0 radical (unpaired) electrons. The Morgan fingerprint density at radius 3 is 2.24 bits per heavy atom. The van der Waals surface area contributed by atoms with Crippen molar-refractivity contribution in [2.24, 2.45) is 0 Å². The Bertz CT molecular complexity index is 1060. The molecule has 144 valence electrons. The van der Waals surface area contributed by atoms with Gasteiger partial charge in [0, 0.05) is 11.3 Å². The van der Waals surface area contributed by atoms with Gasteiger partial charge in [-0.2, -0.15) is 5.26 Å². The van der Waals surface area contributed by atoms with E-state index in [0.29, 0.717) is 23.6 Å². The summed E-state index contributed by atoms with van der Waals surface area (Å²) in [5, 5.41) is 12.2. The Balaban J connectivity index is 1.76. The fourth-order valence-electron chi connectivity index (χ4n) is 2.72. The molecule has 0 aliphatic rings. The minimum atomic E-state index is -0.454. The molecule has 0 saturated carbocycles. The molecule has 29 heavy (non-hydrogen) atoms. The Labute approximate surface area is 171 Å². The van der Waals surface area contributed by atoms with Crippen LogP contribution in [0.15, 0.2) is 78.4 Å². The zero-order valence-corrected chi connectivity index (χ0v) is 16.5. The lowest BCUT2D eigenvalue weighted by molar-refractivity contribution is -0.112. The molecular formula is C25H22N2O2. The van der Waals surface area contributed by atoms with Crippen molar-refractivity contribution in [2.75, 3.05) is 5.32 Å². The SMILES string of the molecule is Cc1ccc(COc2ccccc2/C=C(\C#N)C(=O)Nc2ccc(C)cc2)cc1. The van der Waals surface area contributed by atoms with Crippen molar-refractivity contribution in [3.05, 3.63) is 101 Å². The monoisotopic (exact) mass is 382 g/mol. The van der Waals surface area contributed by atoms with Crippen molar-refractivity contribution in [1.82, 2.24) is 0 Å². The number of hydrogen-bond acceptors (Lipinski definition) is 3. The summed E-state index contributed by atoms with van der Waals surface area (Å²) in [5.41, 5.74) is 4.67. The highest BCUT2D eigenvalue weighted by atomic mass is 16.5. The van der Waals surface area contributed by atoms with Crippen LogP contribution in [-0.2, 0) is 11.4 Å². The number of nitrogens with zero attached hydrogens (tertiary/aromatic N) is 1. The van der Waals surface area contributed by atoms with Crippen molar-refractivity contribution in [2.45, 2.75) is 20.5 Å². The maximum absolute atomic E-state index is 12.5. The number of nitrogens with one attached hydrogen (secondary N) is 1. The summed E-state index contributed by atoms with van der Waals surface area (Å²) in [4.78, 5) is 12.5. The van der Waals surface area contributed by atoms with E-state index in [-0.39, 0.29) is 5.57 Å². The Kier molecular flexibility index (Phi) is 6.44. The summed E-state index contributed by atoms with van der Waals surface area (Å²) < 4.78 is 5.93. The van der Waals surface area contributed by atoms with Crippen molar-refractivity contribution in [1.29, 1.82) is 5.26 Å². The smallest absolute Gasteiger partial charge is 0.266 e. The zero-order valence-electron chi connectivity index (χ0n) is 16.5. The van der Waals surface area contributed by atoms with Gasteiger partial charge in [-0.1, -0.05) is 65.7 Å². The van der Waals surface area contributed by atoms with Crippen molar-refractivity contribution in [3.8, 4) is 11.8 Å². The van der Waals surface area contributed by atoms with E-state index in [0.717, 1.165) is 11.1 Å². The summed E-state index contributed by atoms with van der Waals surface area (Å²) in [6.07, 6.45) is 1.55. The molecule has 0 aliphatic heterocycles. The molecule has 0 aliphatic carbocycles. The molecule has 0 unspecified atom stereocenters. The largest absolute Gasteiger partial charge is 0.488 e.